The monoisotopic (exact) mass is 341 g/mol. The van der Waals surface area contributed by atoms with Crippen LogP contribution in [0.5, 0.6) is 0 Å². The minimum Gasteiger partial charge on any atom is -0.480 e. The molecule has 0 atom stereocenters. The normalized spacial score (nSPS) is 15.9. The Balaban J connectivity index is 1.68. The Morgan fingerprint density at radius 1 is 1.20 bits per heavy atom. The van der Waals surface area contributed by atoms with Crippen LogP contribution in [0, 0.1) is 13.8 Å². The van der Waals surface area contributed by atoms with E-state index in [4.69, 9.17) is 0 Å². The van der Waals surface area contributed by atoms with Gasteiger partial charge in [0.05, 0.1) is 17.8 Å². The highest BCUT2D eigenvalue weighted by Crippen LogP contribution is 2.30. The summed E-state index contributed by atoms with van der Waals surface area (Å²) in [6, 6.07) is 9.62. The highest BCUT2D eigenvalue weighted by atomic mass is 16.4. The highest BCUT2D eigenvalue weighted by molar-refractivity contribution is 5.88. The number of aliphatic carboxylic acids is 1. The van der Waals surface area contributed by atoms with Gasteiger partial charge >= 0.3 is 5.97 Å². The van der Waals surface area contributed by atoms with Crippen LogP contribution in [-0.4, -0.2) is 32.3 Å². The van der Waals surface area contributed by atoms with Gasteiger partial charge < -0.3 is 10.4 Å². The fourth-order valence-corrected chi connectivity index (χ4v) is 3.51. The average molecular weight is 341 g/mol. The van der Waals surface area contributed by atoms with Gasteiger partial charge in [0.1, 0.15) is 5.54 Å². The van der Waals surface area contributed by atoms with Crippen LogP contribution >= 0.6 is 0 Å². The molecule has 0 radical (unpaired) electrons. The van der Waals surface area contributed by atoms with Gasteiger partial charge in [0.25, 0.3) is 0 Å². The molecule has 0 spiro atoms. The zero-order valence-corrected chi connectivity index (χ0v) is 14.6. The molecular weight excluding hydrogens is 318 g/mol. The van der Waals surface area contributed by atoms with E-state index in [1.54, 1.807) is 0 Å². The van der Waals surface area contributed by atoms with Gasteiger partial charge in [-0.1, -0.05) is 25.0 Å². The number of hydrogen-bond acceptors (Lipinski definition) is 3. The Hall–Kier alpha value is -2.63. The van der Waals surface area contributed by atoms with E-state index in [1.165, 1.54) is 0 Å². The van der Waals surface area contributed by atoms with Crippen molar-refractivity contribution >= 4 is 11.9 Å². The molecule has 3 rings (SSSR count). The number of aromatic nitrogens is 2. The minimum absolute atomic E-state index is 0.173. The number of hydrogen-bond donors (Lipinski definition) is 2. The molecule has 0 bridgehead atoms. The van der Waals surface area contributed by atoms with E-state index in [0.29, 0.717) is 12.8 Å². The predicted octanol–water partition coefficient (Wildman–Crippen LogP) is 2.55. The van der Waals surface area contributed by atoms with E-state index in [9.17, 15) is 14.7 Å². The smallest absolute Gasteiger partial charge is 0.329 e. The lowest BCUT2D eigenvalue weighted by molar-refractivity contribution is -0.147. The molecule has 25 heavy (non-hydrogen) atoms. The van der Waals surface area contributed by atoms with Crippen LogP contribution < -0.4 is 5.32 Å². The summed E-state index contributed by atoms with van der Waals surface area (Å²) < 4.78 is 1.86. The summed E-state index contributed by atoms with van der Waals surface area (Å²) in [6.07, 6.45) is 2.86. The van der Waals surface area contributed by atoms with E-state index in [2.05, 4.69) is 10.4 Å². The maximum atomic E-state index is 12.3. The van der Waals surface area contributed by atoms with Crippen molar-refractivity contribution in [3.8, 4) is 5.69 Å². The van der Waals surface area contributed by atoms with Crippen LogP contribution in [0.2, 0.25) is 0 Å². The lowest BCUT2D eigenvalue weighted by atomic mass is 9.97. The van der Waals surface area contributed by atoms with Gasteiger partial charge in [0, 0.05) is 5.69 Å². The molecule has 6 heteroatoms. The van der Waals surface area contributed by atoms with Crippen molar-refractivity contribution in [1.29, 1.82) is 0 Å². The summed E-state index contributed by atoms with van der Waals surface area (Å²) in [7, 11) is 0. The summed E-state index contributed by atoms with van der Waals surface area (Å²) in [5.41, 5.74) is 2.71. The molecule has 1 amide bonds. The van der Waals surface area contributed by atoms with Crippen LogP contribution in [-0.2, 0) is 16.0 Å². The minimum atomic E-state index is -1.08. The standard InChI is InChI=1S/C19H23N3O3/c1-13-11-14(2)22(21-13)16-7-5-15(6-8-16)12-17(23)20-19(18(24)25)9-3-4-10-19/h5-8,11H,3-4,9-10,12H2,1-2H3,(H,20,23)(H,24,25). The number of carboxylic acids is 1. The molecule has 1 fully saturated rings. The molecule has 1 aliphatic carbocycles. The number of carboxylic acid groups (broad SMARTS) is 1. The third-order valence-corrected chi connectivity index (χ3v) is 4.80. The first-order valence-corrected chi connectivity index (χ1v) is 8.57. The number of nitrogens with one attached hydrogen (secondary N) is 1. The van der Waals surface area contributed by atoms with E-state index < -0.39 is 11.5 Å². The van der Waals surface area contributed by atoms with Crippen LogP contribution in [0.3, 0.4) is 0 Å². The highest BCUT2D eigenvalue weighted by Gasteiger charge is 2.42. The van der Waals surface area contributed by atoms with E-state index >= 15 is 0 Å². The quantitative estimate of drug-likeness (QED) is 0.875. The fourth-order valence-electron chi connectivity index (χ4n) is 3.51. The van der Waals surface area contributed by atoms with Gasteiger partial charge in [0.15, 0.2) is 0 Å². The van der Waals surface area contributed by atoms with Gasteiger partial charge in [-0.05, 0) is 50.5 Å². The zero-order chi connectivity index (χ0) is 18.0. The third-order valence-electron chi connectivity index (χ3n) is 4.80. The van der Waals surface area contributed by atoms with Crippen LogP contribution in [0.1, 0.15) is 42.6 Å². The number of benzene rings is 1. The molecule has 132 valence electrons. The van der Waals surface area contributed by atoms with Crippen molar-refractivity contribution in [1.82, 2.24) is 15.1 Å². The fraction of sp³-hybridized carbons (Fsp3) is 0.421. The number of nitrogens with zero attached hydrogens (tertiary/aromatic N) is 2. The second-order valence-corrected chi connectivity index (χ2v) is 6.82. The number of amides is 1. The Labute approximate surface area is 146 Å². The van der Waals surface area contributed by atoms with Crippen molar-refractivity contribution in [2.75, 3.05) is 0 Å². The zero-order valence-electron chi connectivity index (χ0n) is 14.6. The molecule has 2 N–H and O–H groups in total. The lowest BCUT2D eigenvalue weighted by Crippen LogP contribution is -2.52. The summed E-state index contributed by atoms with van der Waals surface area (Å²) in [4.78, 5) is 23.8. The van der Waals surface area contributed by atoms with Crippen LogP contribution in [0.25, 0.3) is 5.69 Å². The van der Waals surface area contributed by atoms with E-state index in [-0.39, 0.29) is 12.3 Å². The number of aryl methyl sites for hydroxylation is 2. The Morgan fingerprint density at radius 2 is 1.84 bits per heavy atom. The second kappa shape index (κ2) is 6.70. The molecule has 2 aromatic rings. The third kappa shape index (κ3) is 3.57. The SMILES string of the molecule is Cc1cc(C)n(-c2ccc(CC(=O)NC3(C(=O)O)CCCC3)cc2)n1. The van der Waals surface area contributed by atoms with Crippen molar-refractivity contribution in [2.45, 2.75) is 51.5 Å². The molecule has 0 unspecified atom stereocenters. The van der Waals surface area contributed by atoms with Crippen molar-refractivity contribution in [3.63, 3.8) is 0 Å². The van der Waals surface area contributed by atoms with Crippen LogP contribution in [0.4, 0.5) is 0 Å². The summed E-state index contributed by atoms with van der Waals surface area (Å²) >= 11 is 0. The molecule has 0 aliphatic heterocycles. The molecule has 1 aromatic carbocycles. The Morgan fingerprint density at radius 3 is 2.36 bits per heavy atom. The van der Waals surface area contributed by atoms with E-state index in [0.717, 1.165) is 35.5 Å². The van der Waals surface area contributed by atoms with Gasteiger partial charge in [-0.2, -0.15) is 5.10 Å². The number of carbonyl (C=O) groups is 2. The summed E-state index contributed by atoms with van der Waals surface area (Å²) in [5.74, 6) is -1.18. The first-order valence-electron chi connectivity index (χ1n) is 8.57. The number of carbonyl (C=O) groups excluding carboxylic acids is 1. The lowest BCUT2D eigenvalue weighted by Gasteiger charge is -2.25. The van der Waals surface area contributed by atoms with Gasteiger partial charge in [0.2, 0.25) is 5.91 Å². The molecule has 0 saturated heterocycles. The van der Waals surface area contributed by atoms with E-state index in [1.807, 2.05) is 48.9 Å². The Kier molecular flexibility index (Phi) is 4.61. The average Bonchev–Trinajstić information content (AvgIpc) is 3.15. The largest absolute Gasteiger partial charge is 0.480 e. The summed E-state index contributed by atoms with van der Waals surface area (Å²) in [6.45, 7) is 3.94. The maximum absolute atomic E-state index is 12.3. The second-order valence-electron chi connectivity index (χ2n) is 6.82. The molecule has 1 saturated carbocycles. The topological polar surface area (TPSA) is 84.2 Å². The molecule has 6 nitrogen and oxygen atoms in total. The van der Waals surface area contributed by atoms with Crippen LogP contribution in [0.15, 0.2) is 30.3 Å². The number of rotatable bonds is 5. The van der Waals surface area contributed by atoms with Gasteiger partial charge in [-0.15, -0.1) is 0 Å². The molecule has 1 aromatic heterocycles. The first kappa shape index (κ1) is 17.2. The predicted molar refractivity (Wildman–Crippen MR) is 93.7 cm³/mol. The van der Waals surface area contributed by atoms with Gasteiger partial charge in [-0.25, -0.2) is 9.48 Å². The van der Waals surface area contributed by atoms with Crippen molar-refractivity contribution in [2.24, 2.45) is 0 Å². The molecule has 1 aliphatic rings. The first-order chi connectivity index (χ1) is 11.9. The Bertz CT molecular complexity index is 787. The van der Waals surface area contributed by atoms with Crippen molar-refractivity contribution < 1.29 is 14.7 Å². The molecular formula is C19H23N3O3. The van der Waals surface area contributed by atoms with Crippen molar-refractivity contribution in [3.05, 3.63) is 47.3 Å². The van der Waals surface area contributed by atoms with Gasteiger partial charge in [-0.3, -0.25) is 4.79 Å². The summed E-state index contributed by atoms with van der Waals surface area (Å²) in [5, 5.41) is 16.6. The maximum Gasteiger partial charge on any atom is 0.329 e. The molecule has 1 heterocycles.